The van der Waals surface area contributed by atoms with Gasteiger partial charge in [0, 0.05) is 15.1 Å². The van der Waals surface area contributed by atoms with Crippen LogP contribution < -0.4 is 4.74 Å². The van der Waals surface area contributed by atoms with Crippen molar-refractivity contribution < 1.29 is 9.13 Å². The van der Waals surface area contributed by atoms with Crippen molar-refractivity contribution in [3.05, 3.63) is 62.8 Å². The average molecular weight is 341 g/mol. The standard InChI is InChI=1S/C14H8BrClFNO/c15-11-3-2-10(12(16)6-11)8-19-14-4-1-9(7-18)5-13(14)17/h1-6H,8H2. The first-order valence-corrected chi connectivity index (χ1v) is 6.53. The molecule has 2 aromatic carbocycles. The van der Waals surface area contributed by atoms with Crippen LogP contribution in [0.4, 0.5) is 4.39 Å². The Kier molecular flexibility index (Phi) is 4.41. The second-order valence-electron chi connectivity index (χ2n) is 3.78. The summed E-state index contributed by atoms with van der Waals surface area (Å²) in [5, 5.41) is 9.19. The third kappa shape index (κ3) is 3.46. The van der Waals surface area contributed by atoms with Crippen LogP contribution in [0.5, 0.6) is 5.75 Å². The maximum atomic E-state index is 13.6. The van der Waals surface area contributed by atoms with Gasteiger partial charge >= 0.3 is 0 Å². The highest BCUT2D eigenvalue weighted by molar-refractivity contribution is 9.10. The van der Waals surface area contributed by atoms with Crippen molar-refractivity contribution in [3.63, 3.8) is 0 Å². The van der Waals surface area contributed by atoms with Crippen molar-refractivity contribution in [1.82, 2.24) is 0 Å². The number of halogens is 3. The Morgan fingerprint density at radius 1 is 1.26 bits per heavy atom. The monoisotopic (exact) mass is 339 g/mol. The quantitative estimate of drug-likeness (QED) is 0.812. The summed E-state index contributed by atoms with van der Waals surface area (Å²) in [5.41, 5.74) is 1.01. The largest absolute Gasteiger partial charge is 0.486 e. The molecule has 2 rings (SSSR count). The molecule has 0 aliphatic carbocycles. The number of hydrogen-bond donors (Lipinski definition) is 0. The van der Waals surface area contributed by atoms with Crippen LogP contribution in [0.2, 0.25) is 5.02 Å². The van der Waals surface area contributed by atoms with Crippen LogP contribution in [0, 0.1) is 17.1 Å². The molecule has 0 fully saturated rings. The van der Waals surface area contributed by atoms with E-state index < -0.39 is 5.82 Å². The van der Waals surface area contributed by atoms with E-state index in [1.54, 1.807) is 12.1 Å². The average Bonchev–Trinajstić information content (AvgIpc) is 2.39. The van der Waals surface area contributed by atoms with Gasteiger partial charge < -0.3 is 4.74 Å². The van der Waals surface area contributed by atoms with Crippen molar-refractivity contribution in [2.24, 2.45) is 0 Å². The molecule has 0 aliphatic heterocycles. The third-order valence-corrected chi connectivity index (χ3v) is 3.30. The number of rotatable bonds is 3. The molecule has 5 heteroatoms. The highest BCUT2D eigenvalue weighted by atomic mass is 79.9. The summed E-state index contributed by atoms with van der Waals surface area (Å²) >= 11 is 9.34. The molecular formula is C14H8BrClFNO. The molecule has 96 valence electrons. The van der Waals surface area contributed by atoms with Crippen LogP contribution in [-0.4, -0.2) is 0 Å². The highest BCUT2D eigenvalue weighted by Gasteiger charge is 2.07. The Morgan fingerprint density at radius 3 is 2.68 bits per heavy atom. The lowest BCUT2D eigenvalue weighted by molar-refractivity contribution is 0.290. The molecule has 0 atom stereocenters. The maximum absolute atomic E-state index is 13.6. The fraction of sp³-hybridized carbons (Fsp3) is 0.0714. The number of hydrogen-bond acceptors (Lipinski definition) is 2. The van der Waals surface area contributed by atoms with Gasteiger partial charge in [0.1, 0.15) is 6.61 Å². The van der Waals surface area contributed by atoms with E-state index in [4.69, 9.17) is 21.6 Å². The summed E-state index contributed by atoms with van der Waals surface area (Å²) in [6.45, 7) is 0.162. The lowest BCUT2D eigenvalue weighted by Crippen LogP contribution is -1.98. The smallest absolute Gasteiger partial charge is 0.166 e. The van der Waals surface area contributed by atoms with Crippen LogP contribution in [0.3, 0.4) is 0 Å². The Hall–Kier alpha value is -1.57. The van der Waals surface area contributed by atoms with E-state index in [0.29, 0.717) is 5.02 Å². The zero-order valence-corrected chi connectivity index (χ0v) is 12.0. The van der Waals surface area contributed by atoms with E-state index in [-0.39, 0.29) is 17.9 Å². The van der Waals surface area contributed by atoms with Crippen LogP contribution >= 0.6 is 27.5 Å². The normalized spacial score (nSPS) is 10.0. The van der Waals surface area contributed by atoms with Gasteiger partial charge in [0.05, 0.1) is 11.6 Å². The predicted molar refractivity (Wildman–Crippen MR) is 74.6 cm³/mol. The molecule has 0 saturated heterocycles. The molecule has 0 bridgehead atoms. The van der Waals surface area contributed by atoms with Crippen molar-refractivity contribution >= 4 is 27.5 Å². The molecule has 0 spiro atoms. The van der Waals surface area contributed by atoms with Gasteiger partial charge in [0.25, 0.3) is 0 Å². The van der Waals surface area contributed by atoms with Gasteiger partial charge in [-0.2, -0.15) is 5.26 Å². The van der Waals surface area contributed by atoms with E-state index in [0.717, 1.165) is 16.1 Å². The van der Waals surface area contributed by atoms with Crippen molar-refractivity contribution in [3.8, 4) is 11.8 Å². The summed E-state index contributed by atoms with van der Waals surface area (Å²) in [4.78, 5) is 0. The number of nitrogens with zero attached hydrogens (tertiary/aromatic N) is 1. The fourth-order valence-electron chi connectivity index (χ4n) is 1.48. The predicted octanol–water partition coefficient (Wildman–Crippen LogP) is 4.69. The molecule has 0 saturated carbocycles. The minimum absolute atomic E-state index is 0.0954. The zero-order chi connectivity index (χ0) is 13.8. The fourth-order valence-corrected chi connectivity index (χ4v) is 2.21. The lowest BCUT2D eigenvalue weighted by atomic mass is 10.2. The maximum Gasteiger partial charge on any atom is 0.166 e. The van der Waals surface area contributed by atoms with Crippen LogP contribution in [-0.2, 0) is 6.61 Å². The molecule has 19 heavy (non-hydrogen) atoms. The number of nitriles is 1. The lowest BCUT2D eigenvalue weighted by Gasteiger charge is -2.09. The van der Waals surface area contributed by atoms with Gasteiger partial charge in [-0.1, -0.05) is 33.6 Å². The Morgan fingerprint density at radius 2 is 2.05 bits per heavy atom. The number of benzene rings is 2. The number of ether oxygens (including phenoxy) is 1. The first kappa shape index (κ1) is 13.9. The van der Waals surface area contributed by atoms with Gasteiger partial charge in [-0.3, -0.25) is 0 Å². The molecule has 0 N–H and O–H groups in total. The van der Waals surface area contributed by atoms with Crippen molar-refractivity contribution in [2.45, 2.75) is 6.61 Å². The summed E-state index contributed by atoms with van der Waals surface area (Å²) < 4.78 is 19.8. The summed E-state index contributed by atoms with van der Waals surface area (Å²) in [7, 11) is 0. The zero-order valence-electron chi connectivity index (χ0n) is 9.66. The molecule has 0 heterocycles. The van der Waals surface area contributed by atoms with E-state index in [9.17, 15) is 4.39 Å². The molecule has 2 nitrogen and oxygen atoms in total. The van der Waals surface area contributed by atoms with Gasteiger partial charge in [-0.15, -0.1) is 0 Å². The molecule has 0 radical (unpaired) electrons. The van der Waals surface area contributed by atoms with E-state index in [2.05, 4.69) is 15.9 Å². The van der Waals surface area contributed by atoms with Crippen LogP contribution in [0.25, 0.3) is 0 Å². The van der Waals surface area contributed by atoms with Gasteiger partial charge in [-0.05, 0) is 30.3 Å². The summed E-state index contributed by atoms with van der Waals surface area (Å²) in [5.74, 6) is -0.467. The summed E-state index contributed by atoms with van der Waals surface area (Å²) in [6, 6.07) is 11.3. The molecule has 0 aromatic heterocycles. The van der Waals surface area contributed by atoms with Gasteiger partial charge in [0.15, 0.2) is 11.6 Å². The second-order valence-corrected chi connectivity index (χ2v) is 5.10. The molecule has 0 unspecified atom stereocenters. The minimum atomic E-state index is -0.563. The molecular weight excluding hydrogens is 333 g/mol. The minimum Gasteiger partial charge on any atom is -0.486 e. The van der Waals surface area contributed by atoms with Crippen LogP contribution in [0.1, 0.15) is 11.1 Å². The second kappa shape index (κ2) is 6.05. The third-order valence-electron chi connectivity index (χ3n) is 2.46. The topological polar surface area (TPSA) is 33.0 Å². The van der Waals surface area contributed by atoms with E-state index in [1.165, 1.54) is 12.1 Å². The first-order valence-electron chi connectivity index (χ1n) is 5.36. The highest BCUT2D eigenvalue weighted by Crippen LogP contribution is 2.24. The SMILES string of the molecule is N#Cc1ccc(OCc2ccc(Br)cc2Cl)c(F)c1. The van der Waals surface area contributed by atoms with Crippen LogP contribution in [0.15, 0.2) is 40.9 Å². The van der Waals surface area contributed by atoms with Gasteiger partial charge in [0.2, 0.25) is 0 Å². The Balaban J connectivity index is 2.13. The van der Waals surface area contributed by atoms with Crippen molar-refractivity contribution in [1.29, 1.82) is 5.26 Å². The molecule has 0 aliphatic rings. The molecule has 0 amide bonds. The summed E-state index contributed by atoms with van der Waals surface area (Å²) in [6.07, 6.45) is 0. The molecule has 2 aromatic rings. The van der Waals surface area contributed by atoms with Crippen molar-refractivity contribution in [2.75, 3.05) is 0 Å². The van der Waals surface area contributed by atoms with E-state index >= 15 is 0 Å². The van der Waals surface area contributed by atoms with Gasteiger partial charge in [-0.25, -0.2) is 4.39 Å². The van der Waals surface area contributed by atoms with E-state index in [1.807, 2.05) is 12.1 Å². The Labute approximate surface area is 123 Å². The Bertz CT molecular complexity index is 654. The first-order chi connectivity index (χ1) is 9.10.